The Balaban J connectivity index is 1.74. The normalized spacial score (nSPS) is 16.7. The molecule has 1 aliphatic rings. The lowest BCUT2D eigenvalue weighted by Crippen LogP contribution is -2.48. The molecule has 0 bridgehead atoms. The molecule has 7 heteroatoms. The van der Waals surface area contributed by atoms with E-state index in [1.165, 1.54) is 4.80 Å². The third kappa shape index (κ3) is 2.92. The van der Waals surface area contributed by atoms with Crippen molar-refractivity contribution in [2.24, 2.45) is 0 Å². The molecule has 21 heavy (non-hydrogen) atoms. The first kappa shape index (κ1) is 13.7. The van der Waals surface area contributed by atoms with Crippen molar-refractivity contribution in [1.29, 1.82) is 0 Å². The molecule has 1 aliphatic heterocycles. The number of hydrogen-bond acceptors (Lipinski definition) is 5. The molecule has 1 fully saturated rings. The van der Waals surface area contributed by atoms with Crippen LogP contribution in [0.1, 0.15) is 13.0 Å². The van der Waals surface area contributed by atoms with Crippen LogP contribution in [-0.2, 0) is 4.79 Å². The van der Waals surface area contributed by atoms with Gasteiger partial charge in [0.2, 0.25) is 11.7 Å². The first-order chi connectivity index (χ1) is 10.3. The Bertz CT molecular complexity index is 605. The Morgan fingerprint density at radius 3 is 2.67 bits per heavy atom. The summed E-state index contributed by atoms with van der Waals surface area (Å²) in [5.41, 5.74) is 0.894. The smallest absolute Gasteiger partial charge is 0.249 e. The molecule has 0 saturated carbocycles. The molecule has 0 spiro atoms. The molecule has 1 atom stereocenters. The Labute approximate surface area is 122 Å². The Morgan fingerprint density at radius 1 is 1.24 bits per heavy atom. The van der Waals surface area contributed by atoms with Gasteiger partial charge in [-0.25, -0.2) is 0 Å². The van der Waals surface area contributed by atoms with Gasteiger partial charge in [-0.3, -0.25) is 4.79 Å². The zero-order chi connectivity index (χ0) is 14.7. The summed E-state index contributed by atoms with van der Waals surface area (Å²) >= 11 is 0. The highest BCUT2D eigenvalue weighted by Crippen LogP contribution is 2.14. The van der Waals surface area contributed by atoms with Gasteiger partial charge in [0, 0.05) is 31.7 Å². The van der Waals surface area contributed by atoms with E-state index in [-0.39, 0.29) is 5.91 Å². The highest BCUT2D eigenvalue weighted by Gasteiger charge is 2.25. The first-order valence-electron chi connectivity index (χ1n) is 7.10. The maximum Gasteiger partial charge on any atom is 0.249 e. The predicted octanol–water partition coefficient (Wildman–Crippen LogP) is 0.333. The molecule has 2 heterocycles. The molecule has 1 aromatic carbocycles. The Morgan fingerprint density at radius 2 is 1.95 bits per heavy atom. The predicted molar refractivity (Wildman–Crippen MR) is 77.4 cm³/mol. The average Bonchev–Trinajstić information content (AvgIpc) is 3.05. The number of rotatable bonds is 3. The minimum atomic E-state index is -0.437. The Kier molecular flexibility index (Phi) is 3.92. The number of hydrogen-bond donors (Lipinski definition) is 1. The van der Waals surface area contributed by atoms with E-state index in [4.69, 9.17) is 0 Å². The third-order valence-corrected chi connectivity index (χ3v) is 3.59. The summed E-state index contributed by atoms with van der Waals surface area (Å²) < 4.78 is 0. The highest BCUT2D eigenvalue weighted by atomic mass is 16.2. The molecule has 0 radical (unpaired) electrons. The number of benzene rings is 1. The van der Waals surface area contributed by atoms with Crippen molar-refractivity contribution >= 4 is 5.91 Å². The standard InChI is InChI=1S/C14H18N6O/c1-11(14(21)19-9-7-15-8-10-19)20-17-13(16-18-20)12-5-3-2-4-6-12/h2-6,11,15H,7-10H2,1H3. The van der Waals surface area contributed by atoms with Crippen LogP contribution >= 0.6 is 0 Å². The molecule has 1 N–H and O–H groups in total. The number of piperazine rings is 1. The number of tetrazole rings is 1. The molecule has 1 unspecified atom stereocenters. The van der Waals surface area contributed by atoms with E-state index < -0.39 is 6.04 Å². The summed E-state index contributed by atoms with van der Waals surface area (Å²) in [6, 6.07) is 9.18. The van der Waals surface area contributed by atoms with Crippen LogP contribution in [0.5, 0.6) is 0 Å². The maximum atomic E-state index is 12.4. The fraction of sp³-hybridized carbons (Fsp3) is 0.429. The van der Waals surface area contributed by atoms with Crippen molar-refractivity contribution in [1.82, 2.24) is 30.4 Å². The van der Waals surface area contributed by atoms with E-state index >= 15 is 0 Å². The van der Waals surface area contributed by atoms with Crippen LogP contribution in [0.4, 0.5) is 0 Å². The van der Waals surface area contributed by atoms with Crippen molar-refractivity contribution < 1.29 is 4.79 Å². The third-order valence-electron chi connectivity index (χ3n) is 3.59. The number of aromatic nitrogens is 4. The van der Waals surface area contributed by atoms with Crippen molar-refractivity contribution in [3.05, 3.63) is 30.3 Å². The summed E-state index contributed by atoms with van der Waals surface area (Å²) in [6.45, 7) is 4.92. The van der Waals surface area contributed by atoms with E-state index in [2.05, 4.69) is 20.7 Å². The number of carbonyl (C=O) groups excluding carboxylic acids is 1. The second-order valence-corrected chi connectivity index (χ2v) is 5.05. The summed E-state index contributed by atoms with van der Waals surface area (Å²) in [4.78, 5) is 15.6. The van der Waals surface area contributed by atoms with Crippen LogP contribution in [0.25, 0.3) is 11.4 Å². The molecule has 2 aromatic rings. The quantitative estimate of drug-likeness (QED) is 0.880. The van der Waals surface area contributed by atoms with E-state index in [1.54, 1.807) is 6.92 Å². The van der Waals surface area contributed by atoms with Gasteiger partial charge < -0.3 is 10.2 Å². The SMILES string of the molecule is CC(C(=O)N1CCNCC1)n1nnc(-c2ccccc2)n1. The zero-order valence-electron chi connectivity index (χ0n) is 11.9. The lowest BCUT2D eigenvalue weighted by atomic mass is 10.2. The lowest BCUT2D eigenvalue weighted by molar-refractivity contribution is -0.135. The maximum absolute atomic E-state index is 12.4. The van der Waals surface area contributed by atoms with Crippen molar-refractivity contribution in [2.75, 3.05) is 26.2 Å². The van der Waals surface area contributed by atoms with Gasteiger partial charge >= 0.3 is 0 Å². The number of nitrogens with zero attached hydrogens (tertiary/aromatic N) is 5. The second-order valence-electron chi connectivity index (χ2n) is 5.05. The second kappa shape index (κ2) is 6.01. The van der Waals surface area contributed by atoms with Gasteiger partial charge in [-0.05, 0) is 12.1 Å². The summed E-state index contributed by atoms with van der Waals surface area (Å²) in [7, 11) is 0. The van der Waals surface area contributed by atoms with Crippen LogP contribution in [0.15, 0.2) is 30.3 Å². The first-order valence-corrected chi connectivity index (χ1v) is 7.10. The summed E-state index contributed by atoms with van der Waals surface area (Å²) in [6.07, 6.45) is 0. The number of amides is 1. The Hall–Kier alpha value is -2.28. The highest BCUT2D eigenvalue weighted by molar-refractivity contribution is 5.80. The topological polar surface area (TPSA) is 75.9 Å². The molecular weight excluding hydrogens is 268 g/mol. The molecular formula is C14H18N6O. The fourth-order valence-electron chi connectivity index (χ4n) is 2.34. The van der Waals surface area contributed by atoms with Gasteiger partial charge in [0.05, 0.1) is 0 Å². The lowest BCUT2D eigenvalue weighted by Gasteiger charge is -2.29. The molecule has 1 amide bonds. The van der Waals surface area contributed by atoms with Crippen molar-refractivity contribution in [2.45, 2.75) is 13.0 Å². The van der Waals surface area contributed by atoms with Gasteiger partial charge in [-0.2, -0.15) is 4.80 Å². The van der Waals surface area contributed by atoms with Crippen LogP contribution in [0, 0.1) is 0 Å². The minimum absolute atomic E-state index is 0.0357. The summed E-state index contributed by atoms with van der Waals surface area (Å²) in [5, 5.41) is 15.6. The van der Waals surface area contributed by atoms with Crippen LogP contribution in [-0.4, -0.2) is 57.2 Å². The minimum Gasteiger partial charge on any atom is -0.338 e. The average molecular weight is 286 g/mol. The zero-order valence-corrected chi connectivity index (χ0v) is 11.9. The van der Waals surface area contributed by atoms with Crippen LogP contribution in [0.2, 0.25) is 0 Å². The van der Waals surface area contributed by atoms with E-state index in [0.717, 1.165) is 31.7 Å². The van der Waals surface area contributed by atoms with Crippen molar-refractivity contribution in [3.8, 4) is 11.4 Å². The van der Waals surface area contributed by atoms with E-state index in [1.807, 2.05) is 35.2 Å². The number of nitrogens with one attached hydrogen (secondary N) is 1. The number of carbonyl (C=O) groups is 1. The summed E-state index contributed by atoms with van der Waals surface area (Å²) in [5.74, 6) is 0.573. The molecule has 7 nitrogen and oxygen atoms in total. The fourth-order valence-corrected chi connectivity index (χ4v) is 2.34. The van der Waals surface area contributed by atoms with Crippen LogP contribution < -0.4 is 5.32 Å². The molecule has 110 valence electrons. The van der Waals surface area contributed by atoms with Gasteiger partial charge in [-0.1, -0.05) is 30.3 Å². The van der Waals surface area contributed by atoms with Gasteiger partial charge in [0.15, 0.2) is 0 Å². The molecule has 3 rings (SSSR count). The molecule has 1 saturated heterocycles. The van der Waals surface area contributed by atoms with E-state index in [9.17, 15) is 4.79 Å². The van der Waals surface area contributed by atoms with Gasteiger partial charge in [0.25, 0.3) is 0 Å². The monoisotopic (exact) mass is 286 g/mol. The van der Waals surface area contributed by atoms with E-state index in [0.29, 0.717) is 5.82 Å². The van der Waals surface area contributed by atoms with Gasteiger partial charge in [-0.15, -0.1) is 10.2 Å². The van der Waals surface area contributed by atoms with Gasteiger partial charge in [0.1, 0.15) is 6.04 Å². The van der Waals surface area contributed by atoms with Crippen LogP contribution in [0.3, 0.4) is 0 Å². The molecule has 0 aliphatic carbocycles. The molecule has 1 aromatic heterocycles. The van der Waals surface area contributed by atoms with Crippen molar-refractivity contribution in [3.63, 3.8) is 0 Å². The largest absolute Gasteiger partial charge is 0.338 e.